The minimum absolute atomic E-state index is 0.509. The molecule has 0 spiro atoms. The van der Waals surface area contributed by atoms with Crippen molar-refractivity contribution in [1.29, 1.82) is 0 Å². The largest absolute Gasteiger partial charge is 0.381 e. The molecule has 0 fully saturated rings. The van der Waals surface area contributed by atoms with Gasteiger partial charge in [-0.25, -0.2) is 0 Å². The maximum atomic E-state index is 5.62. The van der Waals surface area contributed by atoms with Crippen LogP contribution < -0.4 is 5.73 Å². The summed E-state index contributed by atoms with van der Waals surface area (Å²) in [6, 6.07) is 10.4. The summed E-state index contributed by atoms with van der Waals surface area (Å²) in [5.41, 5.74) is 7.95. The molecular weight excluding hydrogens is 200 g/mol. The van der Waals surface area contributed by atoms with Crippen molar-refractivity contribution in [2.45, 2.75) is 26.2 Å². The molecule has 0 saturated heterocycles. The van der Waals surface area contributed by atoms with E-state index in [-0.39, 0.29) is 0 Å². The van der Waals surface area contributed by atoms with E-state index in [0.717, 1.165) is 30.6 Å². The number of nitrogen functional groups attached to an aromatic ring is 1. The SMILES string of the molecule is Cc1c(N)noc1CCCc1ccccc1. The lowest BCUT2D eigenvalue weighted by atomic mass is 10.1. The van der Waals surface area contributed by atoms with Crippen LogP contribution in [0.5, 0.6) is 0 Å². The quantitative estimate of drug-likeness (QED) is 0.855. The smallest absolute Gasteiger partial charge is 0.169 e. The van der Waals surface area contributed by atoms with Gasteiger partial charge in [0.25, 0.3) is 0 Å². The molecule has 0 aliphatic rings. The van der Waals surface area contributed by atoms with Crippen molar-refractivity contribution in [1.82, 2.24) is 5.16 Å². The van der Waals surface area contributed by atoms with Crippen LogP contribution in [-0.2, 0) is 12.8 Å². The predicted molar refractivity (Wildman–Crippen MR) is 64.1 cm³/mol. The van der Waals surface area contributed by atoms with Crippen LogP contribution in [0.1, 0.15) is 23.3 Å². The van der Waals surface area contributed by atoms with E-state index in [1.54, 1.807) is 0 Å². The molecule has 3 heteroatoms. The molecule has 0 bridgehead atoms. The fourth-order valence-corrected chi connectivity index (χ4v) is 1.71. The molecule has 16 heavy (non-hydrogen) atoms. The van der Waals surface area contributed by atoms with E-state index in [2.05, 4.69) is 29.4 Å². The predicted octanol–water partition coefficient (Wildman–Crippen LogP) is 2.74. The second-order valence-electron chi connectivity index (χ2n) is 3.96. The zero-order valence-corrected chi connectivity index (χ0v) is 9.44. The van der Waals surface area contributed by atoms with Gasteiger partial charge in [0, 0.05) is 12.0 Å². The Balaban J connectivity index is 1.87. The van der Waals surface area contributed by atoms with E-state index in [9.17, 15) is 0 Å². The van der Waals surface area contributed by atoms with Crippen LogP contribution in [0, 0.1) is 6.92 Å². The number of benzene rings is 1. The molecule has 0 saturated carbocycles. The van der Waals surface area contributed by atoms with Gasteiger partial charge in [0.15, 0.2) is 5.82 Å². The Morgan fingerprint density at radius 3 is 2.56 bits per heavy atom. The summed E-state index contributed by atoms with van der Waals surface area (Å²) in [5.74, 6) is 1.42. The van der Waals surface area contributed by atoms with Crippen LogP contribution in [0.15, 0.2) is 34.9 Å². The summed E-state index contributed by atoms with van der Waals surface area (Å²) < 4.78 is 5.16. The van der Waals surface area contributed by atoms with E-state index < -0.39 is 0 Å². The molecule has 84 valence electrons. The van der Waals surface area contributed by atoms with E-state index in [4.69, 9.17) is 10.3 Å². The third kappa shape index (κ3) is 2.42. The number of nitrogens with zero attached hydrogens (tertiary/aromatic N) is 1. The van der Waals surface area contributed by atoms with Crippen LogP contribution in [0.2, 0.25) is 0 Å². The molecule has 0 aliphatic heterocycles. The van der Waals surface area contributed by atoms with E-state index in [1.165, 1.54) is 5.56 Å². The fourth-order valence-electron chi connectivity index (χ4n) is 1.71. The molecular formula is C13H16N2O. The molecule has 2 N–H and O–H groups in total. The summed E-state index contributed by atoms with van der Waals surface area (Å²) in [6.45, 7) is 1.95. The van der Waals surface area contributed by atoms with Crippen molar-refractivity contribution in [3.8, 4) is 0 Å². The first-order chi connectivity index (χ1) is 7.77. The molecule has 3 nitrogen and oxygen atoms in total. The van der Waals surface area contributed by atoms with Gasteiger partial charge in [-0.1, -0.05) is 35.5 Å². The molecule has 0 unspecified atom stereocenters. The standard InChI is InChI=1S/C13H16N2O/c1-10-12(16-15-13(10)14)9-5-8-11-6-3-2-4-7-11/h2-4,6-7H,5,8-9H2,1H3,(H2,14,15). The molecule has 0 aliphatic carbocycles. The molecule has 1 heterocycles. The lowest BCUT2D eigenvalue weighted by molar-refractivity contribution is 0.382. The van der Waals surface area contributed by atoms with Gasteiger partial charge in [-0.2, -0.15) is 0 Å². The Morgan fingerprint density at radius 1 is 1.19 bits per heavy atom. The Hall–Kier alpha value is -1.77. The lowest BCUT2D eigenvalue weighted by Crippen LogP contribution is -1.91. The van der Waals surface area contributed by atoms with Crippen LogP contribution in [0.25, 0.3) is 0 Å². The molecule has 2 rings (SSSR count). The average Bonchev–Trinajstić information content (AvgIpc) is 2.62. The van der Waals surface area contributed by atoms with Gasteiger partial charge in [-0.3, -0.25) is 0 Å². The van der Waals surface area contributed by atoms with E-state index >= 15 is 0 Å². The monoisotopic (exact) mass is 216 g/mol. The van der Waals surface area contributed by atoms with Gasteiger partial charge in [0.05, 0.1) is 0 Å². The van der Waals surface area contributed by atoms with Gasteiger partial charge in [0.1, 0.15) is 5.76 Å². The third-order valence-electron chi connectivity index (χ3n) is 2.77. The number of hydrogen-bond acceptors (Lipinski definition) is 3. The normalized spacial score (nSPS) is 10.6. The number of aromatic nitrogens is 1. The zero-order chi connectivity index (χ0) is 11.4. The lowest BCUT2D eigenvalue weighted by Gasteiger charge is -1.99. The number of hydrogen-bond donors (Lipinski definition) is 1. The first-order valence-electron chi connectivity index (χ1n) is 5.52. The molecule has 1 aromatic heterocycles. The Kier molecular flexibility index (Phi) is 3.25. The van der Waals surface area contributed by atoms with Crippen molar-refractivity contribution in [3.05, 3.63) is 47.2 Å². The summed E-state index contributed by atoms with van der Waals surface area (Å²) in [7, 11) is 0. The highest BCUT2D eigenvalue weighted by Gasteiger charge is 2.08. The Labute approximate surface area is 95.3 Å². The molecule has 0 atom stereocenters. The van der Waals surface area contributed by atoms with Gasteiger partial charge < -0.3 is 10.3 Å². The summed E-state index contributed by atoms with van der Waals surface area (Å²) >= 11 is 0. The van der Waals surface area contributed by atoms with Crippen LogP contribution in [-0.4, -0.2) is 5.16 Å². The fraction of sp³-hybridized carbons (Fsp3) is 0.308. The van der Waals surface area contributed by atoms with Gasteiger partial charge in [0.2, 0.25) is 0 Å². The number of rotatable bonds is 4. The van der Waals surface area contributed by atoms with Crippen molar-refractivity contribution < 1.29 is 4.52 Å². The summed E-state index contributed by atoms with van der Waals surface area (Å²) in [5, 5.41) is 3.74. The Bertz CT molecular complexity index is 448. The van der Waals surface area contributed by atoms with Crippen LogP contribution in [0.4, 0.5) is 5.82 Å². The van der Waals surface area contributed by atoms with Crippen molar-refractivity contribution in [3.63, 3.8) is 0 Å². The molecule has 1 aromatic carbocycles. The minimum Gasteiger partial charge on any atom is -0.381 e. The second kappa shape index (κ2) is 4.84. The number of anilines is 1. The number of nitrogens with two attached hydrogens (primary N) is 1. The average molecular weight is 216 g/mol. The molecule has 0 radical (unpaired) electrons. The van der Waals surface area contributed by atoms with Crippen molar-refractivity contribution in [2.24, 2.45) is 0 Å². The zero-order valence-electron chi connectivity index (χ0n) is 9.44. The van der Waals surface area contributed by atoms with Crippen LogP contribution >= 0.6 is 0 Å². The van der Waals surface area contributed by atoms with Gasteiger partial charge in [-0.05, 0) is 25.3 Å². The molecule has 2 aromatic rings. The minimum atomic E-state index is 0.509. The highest BCUT2D eigenvalue weighted by atomic mass is 16.5. The first-order valence-corrected chi connectivity index (χ1v) is 5.52. The second-order valence-corrected chi connectivity index (χ2v) is 3.96. The molecule has 0 amide bonds. The van der Waals surface area contributed by atoms with Crippen LogP contribution in [0.3, 0.4) is 0 Å². The van der Waals surface area contributed by atoms with Crippen molar-refractivity contribution in [2.75, 3.05) is 5.73 Å². The summed E-state index contributed by atoms with van der Waals surface area (Å²) in [6.07, 6.45) is 3.01. The van der Waals surface area contributed by atoms with E-state index in [0.29, 0.717) is 5.82 Å². The van der Waals surface area contributed by atoms with Gasteiger partial charge >= 0.3 is 0 Å². The maximum absolute atomic E-state index is 5.62. The third-order valence-corrected chi connectivity index (χ3v) is 2.77. The van der Waals surface area contributed by atoms with E-state index in [1.807, 2.05) is 13.0 Å². The number of aryl methyl sites for hydroxylation is 2. The highest BCUT2D eigenvalue weighted by Crippen LogP contribution is 2.16. The highest BCUT2D eigenvalue weighted by molar-refractivity contribution is 5.38. The van der Waals surface area contributed by atoms with Crippen molar-refractivity contribution >= 4 is 5.82 Å². The first kappa shape index (κ1) is 10.7. The maximum Gasteiger partial charge on any atom is 0.169 e. The Morgan fingerprint density at radius 2 is 1.94 bits per heavy atom. The topological polar surface area (TPSA) is 52.0 Å². The summed E-state index contributed by atoms with van der Waals surface area (Å²) in [4.78, 5) is 0. The van der Waals surface area contributed by atoms with Gasteiger partial charge in [-0.15, -0.1) is 0 Å².